The molecule has 0 saturated carbocycles. The Kier molecular flexibility index (Phi) is 4.59. The van der Waals surface area contributed by atoms with Crippen LogP contribution in [0.4, 0.5) is 0 Å². The number of pyridine rings is 1. The fraction of sp³-hybridized carbons (Fsp3) is 0.706. The average Bonchev–Trinajstić information content (AvgIpc) is 3.02. The van der Waals surface area contributed by atoms with Crippen LogP contribution in [0, 0.1) is 0 Å². The first kappa shape index (κ1) is 15.5. The Balaban J connectivity index is 1.45. The Morgan fingerprint density at radius 3 is 2.78 bits per heavy atom. The summed E-state index contributed by atoms with van der Waals surface area (Å²) in [6, 6.07) is 3.80. The van der Waals surface area contributed by atoms with Crippen LogP contribution in [-0.4, -0.2) is 65.3 Å². The van der Waals surface area contributed by atoms with Crippen molar-refractivity contribution in [1.82, 2.24) is 15.2 Å². The second-order valence-electron chi connectivity index (χ2n) is 6.72. The largest absolute Gasteiger partial charge is 0.390 e. The Morgan fingerprint density at radius 1 is 1.22 bits per heavy atom. The summed E-state index contributed by atoms with van der Waals surface area (Å²) in [5.41, 5.74) is 1.16. The van der Waals surface area contributed by atoms with Gasteiger partial charge < -0.3 is 19.9 Å². The Bertz CT molecular complexity index is 509. The highest BCUT2D eigenvalue weighted by atomic mass is 16.7. The first-order valence-corrected chi connectivity index (χ1v) is 8.64. The highest BCUT2D eigenvalue weighted by Crippen LogP contribution is 2.32. The van der Waals surface area contributed by atoms with E-state index in [1.54, 1.807) is 12.4 Å². The molecule has 3 saturated heterocycles. The number of hydrogen-bond donors (Lipinski definition) is 2. The van der Waals surface area contributed by atoms with Gasteiger partial charge in [0.25, 0.3) is 0 Å². The molecule has 2 N–H and O–H groups in total. The molecule has 4 heterocycles. The number of hydrogen-bond acceptors (Lipinski definition) is 6. The summed E-state index contributed by atoms with van der Waals surface area (Å²) in [6.45, 7) is 3.29. The van der Waals surface area contributed by atoms with Crippen LogP contribution in [0.3, 0.4) is 0 Å². The van der Waals surface area contributed by atoms with E-state index < -0.39 is 6.10 Å². The Labute approximate surface area is 136 Å². The number of piperidine rings is 1. The van der Waals surface area contributed by atoms with Gasteiger partial charge in [0, 0.05) is 18.9 Å². The van der Waals surface area contributed by atoms with Gasteiger partial charge in [0.2, 0.25) is 0 Å². The van der Waals surface area contributed by atoms with Gasteiger partial charge in [0.1, 0.15) is 6.10 Å². The van der Waals surface area contributed by atoms with Crippen LogP contribution < -0.4 is 5.32 Å². The van der Waals surface area contributed by atoms with Crippen molar-refractivity contribution in [2.75, 3.05) is 19.7 Å². The van der Waals surface area contributed by atoms with Crippen molar-refractivity contribution in [2.45, 2.75) is 56.4 Å². The van der Waals surface area contributed by atoms with E-state index in [0.29, 0.717) is 13.2 Å². The molecule has 6 heteroatoms. The summed E-state index contributed by atoms with van der Waals surface area (Å²) in [7, 11) is 0. The van der Waals surface area contributed by atoms with E-state index in [2.05, 4.69) is 15.2 Å². The van der Waals surface area contributed by atoms with Gasteiger partial charge in [-0.05, 0) is 43.6 Å². The van der Waals surface area contributed by atoms with E-state index in [4.69, 9.17) is 9.47 Å². The van der Waals surface area contributed by atoms with Crippen LogP contribution in [0.1, 0.15) is 24.8 Å². The van der Waals surface area contributed by atoms with Crippen molar-refractivity contribution >= 4 is 0 Å². The monoisotopic (exact) mass is 319 g/mol. The molecule has 6 nitrogen and oxygen atoms in total. The topological polar surface area (TPSA) is 66.8 Å². The number of ether oxygens (including phenoxy) is 2. The lowest BCUT2D eigenvalue weighted by Gasteiger charge is -2.45. The van der Waals surface area contributed by atoms with Gasteiger partial charge in [-0.2, -0.15) is 0 Å². The van der Waals surface area contributed by atoms with Crippen LogP contribution in [-0.2, 0) is 16.0 Å². The zero-order valence-corrected chi connectivity index (χ0v) is 13.3. The molecule has 2 bridgehead atoms. The van der Waals surface area contributed by atoms with Crippen molar-refractivity contribution in [3.63, 3.8) is 0 Å². The summed E-state index contributed by atoms with van der Waals surface area (Å²) in [5.74, 6) is 0. The molecule has 0 radical (unpaired) electrons. The van der Waals surface area contributed by atoms with E-state index in [1.165, 1.54) is 19.3 Å². The molecule has 3 fully saturated rings. The summed E-state index contributed by atoms with van der Waals surface area (Å²) in [4.78, 5) is 6.39. The molecule has 0 amide bonds. The minimum atomic E-state index is -0.471. The normalized spacial score (nSPS) is 37.9. The van der Waals surface area contributed by atoms with Crippen LogP contribution >= 0.6 is 0 Å². The third-order valence-corrected chi connectivity index (χ3v) is 5.23. The fourth-order valence-corrected chi connectivity index (χ4v) is 3.99. The smallest absolute Gasteiger partial charge is 0.176 e. The summed E-state index contributed by atoms with van der Waals surface area (Å²) < 4.78 is 11.9. The molecule has 126 valence electrons. The van der Waals surface area contributed by atoms with Gasteiger partial charge in [-0.25, -0.2) is 0 Å². The first-order valence-electron chi connectivity index (χ1n) is 8.64. The Morgan fingerprint density at radius 2 is 2.00 bits per heavy atom. The van der Waals surface area contributed by atoms with Gasteiger partial charge in [0.15, 0.2) is 6.29 Å². The van der Waals surface area contributed by atoms with Gasteiger partial charge >= 0.3 is 0 Å². The van der Waals surface area contributed by atoms with Crippen molar-refractivity contribution in [2.24, 2.45) is 0 Å². The number of nitrogens with one attached hydrogen (secondary N) is 1. The standard InChI is InChI=1S/C17H25N3O3/c21-16-14(19-10-12-4-6-18-7-5-12)13-11-22-17(23-13)15(16)20-8-2-1-3-9-20/h4-7,13-17,19,21H,1-3,8-11H2. The highest BCUT2D eigenvalue weighted by molar-refractivity contribution is 5.10. The SMILES string of the molecule is OC1C(NCc2ccncc2)C2COC(O2)C1N1CCCCC1. The molecule has 1 aromatic heterocycles. The number of aliphatic hydroxyl groups is 1. The van der Waals surface area contributed by atoms with E-state index in [9.17, 15) is 5.11 Å². The molecule has 1 aromatic rings. The molecule has 5 atom stereocenters. The Hall–Kier alpha value is -1.05. The molecule has 0 aromatic carbocycles. The van der Waals surface area contributed by atoms with E-state index in [1.807, 2.05) is 12.1 Å². The lowest BCUT2D eigenvalue weighted by Crippen LogP contribution is -2.64. The number of likely N-dealkylation sites (tertiary alicyclic amines) is 1. The molecule has 0 aliphatic carbocycles. The average molecular weight is 319 g/mol. The van der Waals surface area contributed by atoms with E-state index in [-0.39, 0.29) is 24.5 Å². The van der Waals surface area contributed by atoms with Gasteiger partial charge in [-0.1, -0.05) is 6.42 Å². The van der Waals surface area contributed by atoms with E-state index in [0.717, 1.165) is 18.7 Å². The fourth-order valence-electron chi connectivity index (χ4n) is 3.99. The number of nitrogens with zero attached hydrogens (tertiary/aromatic N) is 2. The molecule has 0 spiro atoms. The maximum absolute atomic E-state index is 11.0. The van der Waals surface area contributed by atoms with Gasteiger partial charge in [0.05, 0.1) is 24.8 Å². The molecule has 3 aliphatic heterocycles. The van der Waals surface area contributed by atoms with Gasteiger partial charge in [-0.3, -0.25) is 9.88 Å². The van der Waals surface area contributed by atoms with Gasteiger partial charge in [-0.15, -0.1) is 0 Å². The molecule has 4 rings (SSSR count). The quantitative estimate of drug-likeness (QED) is 0.843. The number of aromatic nitrogens is 1. The zero-order chi connectivity index (χ0) is 15.6. The lowest BCUT2D eigenvalue weighted by atomic mass is 9.93. The predicted octanol–water partition coefficient (Wildman–Crippen LogP) is 0.510. The van der Waals surface area contributed by atoms with Crippen molar-refractivity contribution in [3.05, 3.63) is 30.1 Å². The second kappa shape index (κ2) is 6.83. The maximum atomic E-state index is 11.0. The third kappa shape index (κ3) is 3.14. The highest BCUT2D eigenvalue weighted by Gasteiger charge is 2.51. The first-order chi connectivity index (χ1) is 11.3. The van der Waals surface area contributed by atoms with E-state index >= 15 is 0 Å². The molecular formula is C17H25N3O3. The summed E-state index contributed by atoms with van der Waals surface area (Å²) in [5, 5.41) is 14.4. The molecule has 23 heavy (non-hydrogen) atoms. The molecular weight excluding hydrogens is 294 g/mol. The maximum Gasteiger partial charge on any atom is 0.176 e. The molecule has 5 unspecified atom stereocenters. The third-order valence-electron chi connectivity index (χ3n) is 5.23. The molecule has 3 aliphatic rings. The van der Waals surface area contributed by atoms with Crippen molar-refractivity contribution in [3.8, 4) is 0 Å². The van der Waals surface area contributed by atoms with Crippen LogP contribution in [0.2, 0.25) is 0 Å². The zero-order valence-electron chi connectivity index (χ0n) is 13.3. The summed E-state index contributed by atoms with van der Waals surface area (Å²) >= 11 is 0. The minimum Gasteiger partial charge on any atom is -0.390 e. The number of rotatable bonds is 4. The second-order valence-corrected chi connectivity index (χ2v) is 6.72. The number of aliphatic hydroxyl groups excluding tert-OH is 1. The van der Waals surface area contributed by atoms with Crippen LogP contribution in [0.5, 0.6) is 0 Å². The minimum absolute atomic E-state index is 0.0657. The lowest BCUT2D eigenvalue weighted by molar-refractivity contribution is -0.184. The predicted molar refractivity (Wildman–Crippen MR) is 84.7 cm³/mol. The number of fused-ring (bicyclic) bond motifs is 2. The van der Waals surface area contributed by atoms with Crippen LogP contribution in [0.25, 0.3) is 0 Å². The summed E-state index contributed by atoms with van der Waals surface area (Å²) in [6.07, 6.45) is 6.40. The van der Waals surface area contributed by atoms with Crippen LogP contribution in [0.15, 0.2) is 24.5 Å². The van der Waals surface area contributed by atoms with Crippen molar-refractivity contribution < 1.29 is 14.6 Å². The van der Waals surface area contributed by atoms with Crippen molar-refractivity contribution in [1.29, 1.82) is 0 Å².